The first-order chi connectivity index (χ1) is 12.2. The number of aromatic nitrogens is 1. The molecule has 26 heavy (non-hydrogen) atoms. The van der Waals surface area contributed by atoms with Gasteiger partial charge in [-0.25, -0.2) is 4.79 Å². The third kappa shape index (κ3) is 3.69. The van der Waals surface area contributed by atoms with Crippen molar-refractivity contribution in [2.45, 2.75) is 12.9 Å². The molecule has 3 rings (SSSR count). The zero-order valence-electron chi connectivity index (χ0n) is 13.2. The maximum Gasteiger partial charge on any atom is 0.573 e. The summed E-state index contributed by atoms with van der Waals surface area (Å²) in [4.78, 5) is 23.6. The van der Waals surface area contributed by atoms with Gasteiger partial charge in [0, 0.05) is 18.1 Å². The minimum absolute atomic E-state index is 0.0656. The highest BCUT2D eigenvalue weighted by atomic mass is 19.4. The summed E-state index contributed by atoms with van der Waals surface area (Å²) < 4.78 is 42.5. The van der Waals surface area contributed by atoms with Gasteiger partial charge >= 0.3 is 12.3 Å². The van der Waals surface area contributed by atoms with Gasteiger partial charge in [0.05, 0.1) is 5.52 Å². The largest absolute Gasteiger partial charge is 0.573 e. The molecular formula is C18H12F3NO4. The third-order valence-corrected chi connectivity index (χ3v) is 3.70. The molecule has 0 aliphatic carbocycles. The normalized spacial score (nSPS) is 11.5. The monoisotopic (exact) mass is 363 g/mol. The van der Waals surface area contributed by atoms with Crippen LogP contribution in [0.5, 0.6) is 5.75 Å². The average Bonchev–Trinajstić information content (AvgIpc) is 2.56. The Morgan fingerprint density at radius 2 is 1.85 bits per heavy atom. The Morgan fingerprint density at radius 1 is 1.12 bits per heavy atom. The topological polar surface area (TPSA) is 68.5 Å². The van der Waals surface area contributed by atoms with E-state index < -0.39 is 23.3 Å². The fourth-order valence-corrected chi connectivity index (χ4v) is 2.67. The summed E-state index contributed by atoms with van der Waals surface area (Å²) in [5.74, 6) is -1.75. The molecule has 0 unspecified atom stereocenters. The van der Waals surface area contributed by atoms with Crippen molar-refractivity contribution < 1.29 is 27.8 Å². The summed E-state index contributed by atoms with van der Waals surface area (Å²) >= 11 is 0. The number of pyridine rings is 1. The number of carboxylic acid groups (broad SMARTS) is 1. The van der Waals surface area contributed by atoms with Crippen LogP contribution in [0.25, 0.3) is 10.9 Å². The van der Waals surface area contributed by atoms with E-state index in [1.807, 2.05) is 0 Å². The number of rotatable bonds is 4. The van der Waals surface area contributed by atoms with E-state index in [0.717, 1.165) is 0 Å². The first kappa shape index (κ1) is 17.5. The second-order valence-corrected chi connectivity index (χ2v) is 5.52. The number of carboxylic acids is 1. The molecule has 3 aromatic rings. The Hall–Kier alpha value is -3.29. The maximum absolute atomic E-state index is 12.4. The molecule has 0 aliphatic rings. The number of hydrogen-bond acceptors (Lipinski definition) is 3. The smallest absolute Gasteiger partial charge is 0.477 e. The Labute approximate surface area is 144 Å². The average molecular weight is 363 g/mol. The minimum atomic E-state index is -4.81. The van der Waals surface area contributed by atoms with Gasteiger partial charge in [-0.1, -0.05) is 24.3 Å². The summed E-state index contributed by atoms with van der Waals surface area (Å²) in [6.07, 6.45) is -3.62. The van der Waals surface area contributed by atoms with Crippen molar-refractivity contribution in [2.24, 2.45) is 0 Å². The molecule has 8 heteroatoms. The summed E-state index contributed by atoms with van der Waals surface area (Å²) in [6.45, 7) is 0.0656. The number of halogens is 3. The van der Waals surface area contributed by atoms with Crippen LogP contribution in [0.1, 0.15) is 15.9 Å². The number of nitrogens with zero attached hydrogens (tertiary/aromatic N) is 1. The predicted octanol–water partition coefficient (Wildman–Crippen LogP) is 3.65. The number of benzene rings is 2. The van der Waals surface area contributed by atoms with Gasteiger partial charge in [-0.3, -0.25) is 4.79 Å². The number of aromatic carboxylic acids is 1. The zero-order valence-corrected chi connectivity index (χ0v) is 13.2. The molecule has 0 aliphatic heterocycles. The number of fused-ring (bicyclic) bond motifs is 1. The quantitative estimate of drug-likeness (QED) is 0.768. The highest BCUT2D eigenvalue weighted by molar-refractivity contribution is 5.92. The SMILES string of the molecule is O=C(O)c1cn(Cc2cccc(OC(F)(F)F)c2)c2ccccc2c1=O. The van der Waals surface area contributed by atoms with E-state index >= 15 is 0 Å². The molecule has 1 heterocycles. The molecule has 0 fully saturated rings. The van der Waals surface area contributed by atoms with E-state index in [-0.39, 0.29) is 17.7 Å². The highest BCUT2D eigenvalue weighted by Gasteiger charge is 2.31. The van der Waals surface area contributed by atoms with Gasteiger partial charge in [0.2, 0.25) is 5.43 Å². The second-order valence-electron chi connectivity index (χ2n) is 5.52. The predicted molar refractivity (Wildman–Crippen MR) is 87.4 cm³/mol. The Balaban J connectivity index is 2.07. The first-order valence-corrected chi connectivity index (χ1v) is 7.45. The molecule has 0 radical (unpaired) electrons. The Bertz CT molecular complexity index is 1040. The fraction of sp³-hybridized carbons (Fsp3) is 0.111. The van der Waals surface area contributed by atoms with Gasteiger partial charge in [0.15, 0.2) is 0 Å². The van der Waals surface area contributed by atoms with Crippen LogP contribution in [-0.4, -0.2) is 22.0 Å². The number of para-hydroxylation sites is 1. The Kier molecular flexibility index (Phi) is 4.41. The van der Waals surface area contributed by atoms with Gasteiger partial charge < -0.3 is 14.4 Å². The molecule has 0 bridgehead atoms. The second kappa shape index (κ2) is 6.55. The molecule has 0 spiro atoms. The van der Waals surface area contributed by atoms with Crippen molar-refractivity contribution in [2.75, 3.05) is 0 Å². The fourth-order valence-electron chi connectivity index (χ4n) is 2.67. The van der Waals surface area contributed by atoms with Crippen LogP contribution >= 0.6 is 0 Å². The van der Waals surface area contributed by atoms with Crippen LogP contribution in [0.2, 0.25) is 0 Å². The van der Waals surface area contributed by atoms with E-state index in [0.29, 0.717) is 11.1 Å². The summed E-state index contributed by atoms with van der Waals surface area (Å²) in [6, 6.07) is 11.8. The molecule has 2 aromatic carbocycles. The lowest BCUT2D eigenvalue weighted by Gasteiger charge is -2.14. The van der Waals surface area contributed by atoms with E-state index in [4.69, 9.17) is 0 Å². The zero-order chi connectivity index (χ0) is 18.9. The lowest BCUT2D eigenvalue weighted by Crippen LogP contribution is -2.19. The third-order valence-electron chi connectivity index (χ3n) is 3.70. The van der Waals surface area contributed by atoms with E-state index in [1.165, 1.54) is 35.0 Å². The van der Waals surface area contributed by atoms with Crippen LogP contribution in [0.3, 0.4) is 0 Å². The number of ether oxygens (including phenoxy) is 1. The van der Waals surface area contributed by atoms with Crippen LogP contribution in [0.15, 0.2) is 59.5 Å². The number of carbonyl (C=O) groups is 1. The maximum atomic E-state index is 12.4. The standard InChI is InChI=1S/C18H12F3NO4/c19-18(20,21)26-12-5-3-4-11(8-12)9-22-10-14(17(24)25)16(23)13-6-1-2-7-15(13)22/h1-8,10H,9H2,(H,24,25). The molecule has 0 atom stereocenters. The van der Waals surface area contributed by atoms with Gasteiger partial charge in [-0.15, -0.1) is 13.2 Å². The molecule has 1 N–H and O–H groups in total. The number of hydrogen-bond donors (Lipinski definition) is 1. The van der Waals surface area contributed by atoms with E-state index in [2.05, 4.69) is 4.74 Å². The van der Waals surface area contributed by atoms with Crippen molar-refractivity contribution in [3.63, 3.8) is 0 Å². The summed E-state index contributed by atoms with van der Waals surface area (Å²) in [5, 5.41) is 9.45. The molecule has 0 saturated heterocycles. The molecular weight excluding hydrogens is 351 g/mol. The van der Waals surface area contributed by atoms with Crippen LogP contribution in [0.4, 0.5) is 13.2 Å². The number of alkyl halides is 3. The van der Waals surface area contributed by atoms with Crippen LogP contribution in [-0.2, 0) is 6.54 Å². The molecule has 0 saturated carbocycles. The molecule has 1 aromatic heterocycles. The van der Waals surface area contributed by atoms with Crippen molar-refractivity contribution in [3.8, 4) is 5.75 Å². The van der Waals surface area contributed by atoms with Gasteiger partial charge in [0.1, 0.15) is 11.3 Å². The van der Waals surface area contributed by atoms with Crippen molar-refractivity contribution >= 4 is 16.9 Å². The van der Waals surface area contributed by atoms with Gasteiger partial charge in [-0.05, 0) is 29.8 Å². The van der Waals surface area contributed by atoms with E-state index in [9.17, 15) is 27.9 Å². The molecule has 5 nitrogen and oxygen atoms in total. The first-order valence-electron chi connectivity index (χ1n) is 7.45. The van der Waals surface area contributed by atoms with Crippen LogP contribution < -0.4 is 10.2 Å². The van der Waals surface area contributed by atoms with E-state index in [1.54, 1.807) is 24.3 Å². The van der Waals surface area contributed by atoms with Crippen molar-refractivity contribution in [1.29, 1.82) is 0 Å². The highest BCUT2D eigenvalue weighted by Crippen LogP contribution is 2.24. The lowest BCUT2D eigenvalue weighted by molar-refractivity contribution is -0.274. The summed E-state index contributed by atoms with van der Waals surface area (Å²) in [7, 11) is 0. The molecule has 0 amide bonds. The van der Waals surface area contributed by atoms with Crippen molar-refractivity contribution in [3.05, 3.63) is 76.1 Å². The Morgan fingerprint density at radius 3 is 2.54 bits per heavy atom. The van der Waals surface area contributed by atoms with Gasteiger partial charge in [-0.2, -0.15) is 0 Å². The van der Waals surface area contributed by atoms with Crippen LogP contribution in [0, 0.1) is 0 Å². The summed E-state index contributed by atoms with van der Waals surface area (Å²) in [5.41, 5.74) is -0.0913. The van der Waals surface area contributed by atoms with Crippen molar-refractivity contribution in [1.82, 2.24) is 4.57 Å². The van der Waals surface area contributed by atoms with Gasteiger partial charge in [0.25, 0.3) is 0 Å². The molecule has 134 valence electrons. The minimum Gasteiger partial charge on any atom is -0.477 e. The lowest BCUT2D eigenvalue weighted by atomic mass is 10.1.